The van der Waals surface area contributed by atoms with E-state index in [1.807, 2.05) is 6.07 Å². The molecule has 0 bridgehead atoms. The molecule has 9 heteroatoms. The lowest BCUT2D eigenvalue weighted by Gasteiger charge is -2.04. The van der Waals surface area contributed by atoms with Crippen LogP contribution in [0.25, 0.3) is 5.65 Å². The quantitative estimate of drug-likeness (QED) is 0.691. The molecule has 23 heavy (non-hydrogen) atoms. The Morgan fingerprint density at radius 1 is 1.48 bits per heavy atom. The van der Waals surface area contributed by atoms with Crippen molar-refractivity contribution in [2.45, 2.75) is 13.5 Å². The number of H-pyrrole nitrogens is 1. The lowest BCUT2D eigenvalue weighted by molar-refractivity contribution is 0.0460. The van der Waals surface area contributed by atoms with Crippen LogP contribution in [-0.2, 0) is 11.3 Å². The van der Waals surface area contributed by atoms with E-state index in [4.69, 9.17) is 10.00 Å². The number of aromatic amines is 1. The summed E-state index contributed by atoms with van der Waals surface area (Å²) in [5.41, 5.74) is 0.367. The predicted molar refractivity (Wildman–Crippen MR) is 76.4 cm³/mol. The van der Waals surface area contributed by atoms with Gasteiger partial charge in [0, 0.05) is 18.5 Å². The molecule has 1 N–H and O–H groups in total. The highest BCUT2D eigenvalue weighted by atomic mass is 16.5. The Bertz CT molecular complexity index is 998. The third-order valence-electron chi connectivity index (χ3n) is 3.01. The molecule has 3 rings (SSSR count). The summed E-state index contributed by atoms with van der Waals surface area (Å²) in [7, 11) is 0. The van der Waals surface area contributed by atoms with Gasteiger partial charge in [-0.2, -0.15) is 5.26 Å². The third-order valence-corrected chi connectivity index (χ3v) is 3.01. The topological polar surface area (TPSA) is 126 Å². The van der Waals surface area contributed by atoms with Gasteiger partial charge in [0.05, 0.1) is 5.69 Å². The van der Waals surface area contributed by atoms with Gasteiger partial charge in [0.2, 0.25) is 0 Å². The van der Waals surface area contributed by atoms with Gasteiger partial charge in [-0.25, -0.2) is 24.3 Å². The van der Waals surface area contributed by atoms with Crippen molar-refractivity contribution in [2.24, 2.45) is 0 Å². The first kappa shape index (κ1) is 14.4. The highest BCUT2D eigenvalue weighted by molar-refractivity contribution is 5.87. The fourth-order valence-electron chi connectivity index (χ4n) is 1.97. The van der Waals surface area contributed by atoms with E-state index >= 15 is 0 Å². The molecule has 0 amide bonds. The largest absolute Gasteiger partial charge is 0.454 e. The van der Waals surface area contributed by atoms with Gasteiger partial charge >= 0.3 is 5.97 Å². The number of nitrogens with zero attached hydrogens (tertiary/aromatic N) is 5. The summed E-state index contributed by atoms with van der Waals surface area (Å²) >= 11 is 0. The van der Waals surface area contributed by atoms with E-state index in [2.05, 4.69) is 20.1 Å². The number of rotatable bonds is 3. The van der Waals surface area contributed by atoms with Crippen molar-refractivity contribution < 1.29 is 9.53 Å². The minimum atomic E-state index is -0.646. The molecule has 0 radical (unpaired) electrons. The molecule has 0 aliphatic carbocycles. The maximum Gasteiger partial charge on any atom is 0.357 e. The summed E-state index contributed by atoms with van der Waals surface area (Å²) in [5.74, 6) is -0.199. The van der Waals surface area contributed by atoms with E-state index in [1.165, 1.54) is 24.5 Å². The van der Waals surface area contributed by atoms with Crippen molar-refractivity contribution in [3.8, 4) is 6.07 Å². The molecule has 0 saturated heterocycles. The minimum absolute atomic E-state index is 0.120. The second kappa shape index (κ2) is 5.69. The molecule has 0 aliphatic heterocycles. The van der Waals surface area contributed by atoms with Crippen molar-refractivity contribution in [2.75, 3.05) is 0 Å². The van der Waals surface area contributed by atoms with Crippen molar-refractivity contribution >= 4 is 11.6 Å². The summed E-state index contributed by atoms with van der Waals surface area (Å²) < 4.78 is 6.23. The van der Waals surface area contributed by atoms with Gasteiger partial charge < -0.3 is 4.74 Å². The van der Waals surface area contributed by atoms with Gasteiger partial charge in [0.1, 0.15) is 24.1 Å². The van der Waals surface area contributed by atoms with E-state index in [0.717, 1.165) is 4.52 Å². The van der Waals surface area contributed by atoms with Gasteiger partial charge in [-0.1, -0.05) is 0 Å². The average Bonchev–Trinajstić information content (AvgIpc) is 2.96. The smallest absolute Gasteiger partial charge is 0.357 e. The van der Waals surface area contributed by atoms with Crippen LogP contribution in [0, 0.1) is 18.3 Å². The normalized spacial score (nSPS) is 10.4. The van der Waals surface area contributed by atoms with Crippen molar-refractivity contribution in [1.29, 1.82) is 5.26 Å². The molecular weight excluding hydrogens is 300 g/mol. The lowest BCUT2D eigenvalue weighted by Crippen LogP contribution is -2.17. The van der Waals surface area contributed by atoms with Gasteiger partial charge in [-0.3, -0.25) is 9.89 Å². The Hall–Kier alpha value is -3.54. The van der Waals surface area contributed by atoms with E-state index in [-0.39, 0.29) is 29.2 Å². The molecule has 0 atom stereocenters. The zero-order valence-corrected chi connectivity index (χ0v) is 12.0. The number of carbonyl (C=O) groups excluding carboxylic acids is 1. The first-order valence-electron chi connectivity index (χ1n) is 6.55. The Kier molecular flexibility index (Phi) is 3.56. The molecule has 0 aliphatic rings. The molecule has 3 heterocycles. The minimum Gasteiger partial charge on any atom is -0.454 e. The molecule has 0 spiro atoms. The predicted octanol–water partition coefficient (Wildman–Crippen LogP) is 0.350. The number of hydrogen-bond donors (Lipinski definition) is 1. The SMILES string of the molecule is Cc1nccc(C(=O)OCc2cc(=O)n3[nH]cc(C#N)c3n2)n1. The van der Waals surface area contributed by atoms with Gasteiger partial charge in [0.15, 0.2) is 11.3 Å². The van der Waals surface area contributed by atoms with E-state index < -0.39 is 11.5 Å². The lowest BCUT2D eigenvalue weighted by atomic mass is 10.3. The summed E-state index contributed by atoms with van der Waals surface area (Å²) in [6.45, 7) is 1.45. The molecular formula is C14H10N6O3. The molecule has 114 valence electrons. The van der Waals surface area contributed by atoms with Crippen molar-refractivity contribution in [1.82, 2.24) is 24.6 Å². The molecule has 0 unspecified atom stereocenters. The zero-order valence-electron chi connectivity index (χ0n) is 12.0. The standard InChI is InChI=1S/C14H10N6O3/c1-8-16-3-2-11(18-8)14(22)23-7-10-4-12(21)20-13(19-10)9(5-15)6-17-20/h2-4,6,17H,7H2,1H3. The molecule has 0 fully saturated rings. The van der Waals surface area contributed by atoms with Crippen LogP contribution in [0.3, 0.4) is 0 Å². The monoisotopic (exact) mass is 310 g/mol. The highest BCUT2D eigenvalue weighted by Gasteiger charge is 2.12. The van der Waals surface area contributed by atoms with Crippen LogP contribution in [0.4, 0.5) is 0 Å². The van der Waals surface area contributed by atoms with Crippen LogP contribution in [0.2, 0.25) is 0 Å². The van der Waals surface area contributed by atoms with Crippen LogP contribution in [-0.4, -0.2) is 30.5 Å². The Labute approximate surface area is 129 Å². The van der Waals surface area contributed by atoms with Gasteiger partial charge in [-0.05, 0) is 13.0 Å². The van der Waals surface area contributed by atoms with Gasteiger partial charge in [0.25, 0.3) is 5.56 Å². The maximum absolute atomic E-state index is 11.9. The van der Waals surface area contributed by atoms with Crippen LogP contribution in [0.1, 0.15) is 27.6 Å². The van der Waals surface area contributed by atoms with Crippen molar-refractivity contribution in [3.05, 3.63) is 57.7 Å². The van der Waals surface area contributed by atoms with E-state index in [9.17, 15) is 9.59 Å². The van der Waals surface area contributed by atoms with E-state index in [0.29, 0.717) is 5.82 Å². The number of fused-ring (bicyclic) bond motifs is 1. The number of aryl methyl sites for hydroxylation is 1. The average molecular weight is 310 g/mol. The first-order chi connectivity index (χ1) is 11.1. The summed E-state index contributed by atoms with van der Waals surface area (Å²) in [4.78, 5) is 35.8. The second-order valence-electron chi connectivity index (χ2n) is 4.61. The zero-order chi connectivity index (χ0) is 16.4. The third kappa shape index (κ3) is 2.77. The summed E-state index contributed by atoms with van der Waals surface area (Å²) in [6, 6.07) is 4.58. The molecule has 0 saturated carbocycles. The van der Waals surface area contributed by atoms with Gasteiger partial charge in [-0.15, -0.1) is 0 Å². The maximum atomic E-state index is 11.9. The Morgan fingerprint density at radius 3 is 3.04 bits per heavy atom. The summed E-state index contributed by atoms with van der Waals surface area (Å²) in [5, 5.41) is 11.6. The van der Waals surface area contributed by atoms with Crippen LogP contribution >= 0.6 is 0 Å². The number of hydrogen-bond acceptors (Lipinski definition) is 7. The molecule has 3 aromatic heterocycles. The highest BCUT2D eigenvalue weighted by Crippen LogP contribution is 2.07. The van der Waals surface area contributed by atoms with Crippen LogP contribution < -0.4 is 5.56 Å². The first-order valence-corrected chi connectivity index (χ1v) is 6.55. The second-order valence-corrected chi connectivity index (χ2v) is 4.61. The number of carbonyl (C=O) groups is 1. The van der Waals surface area contributed by atoms with E-state index in [1.54, 1.807) is 6.92 Å². The number of esters is 1. The number of nitrogens with one attached hydrogen (secondary N) is 1. The molecule has 0 aromatic carbocycles. The Balaban J connectivity index is 1.83. The number of ether oxygens (including phenoxy) is 1. The van der Waals surface area contributed by atoms with Crippen LogP contribution in [0.5, 0.6) is 0 Å². The van der Waals surface area contributed by atoms with Crippen LogP contribution in [0.15, 0.2) is 29.3 Å². The summed E-state index contributed by atoms with van der Waals surface area (Å²) in [6.07, 6.45) is 2.83. The molecule has 3 aromatic rings. The fraction of sp³-hybridized carbons (Fsp3) is 0.143. The number of nitriles is 1. The number of aromatic nitrogens is 5. The molecule has 9 nitrogen and oxygen atoms in total. The fourth-order valence-corrected chi connectivity index (χ4v) is 1.97. The van der Waals surface area contributed by atoms with Crippen molar-refractivity contribution in [3.63, 3.8) is 0 Å². The Morgan fingerprint density at radius 2 is 2.30 bits per heavy atom.